The third-order valence-corrected chi connectivity index (χ3v) is 3.40. The summed E-state index contributed by atoms with van der Waals surface area (Å²) < 4.78 is 118. The summed E-state index contributed by atoms with van der Waals surface area (Å²) in [5, 5.41) is 2.81. The van der Waals surface area contributed by atoms with Gasteiger partial charge < -0.3 is 9.50 Å². The number of nitrogens with one attached hydrogen (secondary N) is 1. The van der Waals surface area contributed by atoms with E-state index in [1.165, 1.54) is 6.08 Å². The molecule has 0 saturated heterocycles. The minimum Gasteiger partial charge on any atom is -0.381 e. The van der Waals surface area contributed by atoms with Gasteiger partial charge in [0.15, 0.2) is 0 Å². The van der Waals surface area contributed by atoms with Crippen molar-refractivity contribution in [2.45, 2.75) is 17.4 Å². The van der Waals surface area contributed by atoms with E-state index in [0.29, 0.717) is 13.1 Å². The Kier molecular flexibility index (Phi) is 8.90. The minimum absolute atomic E-state index is 0. The van der Waals surface area contributed by atoms with Gasteiger partial charge in [0.2, 0.25) is 0 Å². The second-order valence-electron chi connectivity index (χ2n) is 3.53. The Morgan fingerprint density at radius 2 is 1.48 bits per heavy atom. The molecule has 0 aromatic heterocycles. The molecule has 0 unspecified atom stereocenters. The molecule has 1 aliphatic rings. The van der Waals surface area contributed by atoms with Crippen molar-refractivity contribution in [1.82, 2.24) is 5.32 Å². The van der Waals surface area contributed by atoms with Crippen LogP contribution in [0, 0.1) is 0 Å². The molecule has 0 amide bonds. The lowest BCUT2D eigenvalue weighted by Crippen LogP contribution is -2.28. The van der Waals surface area contributed by atoms with Gasteiger partial charge in [0, 0.05) is 19.5 Å². The van der Waals surface area contributed by atoms with Gasteiger partial charge in [0.25, 0.3) is 0 Å². The van der Waals surface area contributed by atoms with Crippen molar-refractivity contribution >= 4 is 32.6 Å². The zero-order chi connectivity index (χ0) is 17.8. The van der Waals surface area contributed by atoms with Gasteiger partial charge in [0.05, 0.1) is 0 Å². The number of alkyl halides is 6. The molecule has 0 spiro atoms. The molecule has 0 saturated carbocycles. The lowest BCUT2D eigenvalue weighted by molar-refractivity contribution is -0.0525. The van der Waals surface area contributed by atoms with Gasteiger partial charge in [-0.3, -0.25) is 4.55 Å². The third kappa shape index (κ3) is 8.59. The fourth-order valence-electron chi connectivity index (χ4n) is 0.866. The third-order valence-electron chi connectivity index (χ3n) is 1.81. The van der Waals surface area contributed by atoms with E-state index in [9.17, 15) is 34.8 Å². The average molecular weight is 418 g/mol. The molecule has 1 rings (SSSR count). The van der Waals surface area contributed by atoms with Gasteiger partial charge in [-0.15, -0.1) is 12.4 Å². The van der Waals surface area contributed by atoms with E-state index in [0.717, 1.165) is 0 Å². The number of rotatable bonds is 2. The van der Waals surface area contributed by atoms with E-state index >= 15 is 0 Å². The van der Waals surface area contributed by atoms with Gasteiger partial charge in [-0.1, -0.05) is 0 Å². The average Bonchev–Trinajstić information content (AvgIpc) is 2.26. The maximum Gasteiger partial charge on any atom is 0.534 e. The summed E-state index contributed by atoms with van der Waals surface area (Å²) in [4.78, 5) is 0. The first-order valence-electron chi connectivity index (χ1n) is 5.02. The highest BCUT2D eigenvalue weighted by Gasteiger charge is 2.48. The Hall–Kier alpha value is -0.770. The molecule has 7 nitrogen and oxygen atoms in total. The van der Waals surface area contributed by atoms with E-state index < -0.39 is 31.3 Å². The molecule has 2 N–H and O–H groups in total. The molecule has 140 valence electrons. The maximum absolute atomic E-state index is 11.8. The normalized spacial score (nSPS) is 16.4. The maximum atomic E-state index is 11.8. The van der Waals surface area contributed by atoms with Gasteiger partial charge >= 0.3 is 31.3 Å². The van der Waals surface area contributed by atoms with Crippen molar-refractivity contribution < 1.29 is 51.9 Å². The van der Waals surface area contributed by atoms with Crippen LogP contribution in [0.25, 0.3) is 0 Å². The quantitative estimate of drug-likeness (QED) is 0.303. The van der Waals surface area contributed by atoms with Crippen LogP contribution in [0.5, 0.6) is 0 Å². The first kappa shape index (κ1) is 24.5. The highest BCUT2D eigenvalue weighted by molar-refractivity contribution is 7.87. The van der Waals surface area contributed by atoms with Gasteiger partial charge in [-0.05, 0) is 6.08 Å². The molecule has 0 bridgehead atoms. The summed E-state index contributed by atoms with van der Waals surface area (Å²) >= 11 is 0. The summed E-state index contributed by atoms with van der Waals surface area (Å²) in [6.07, 6.45) is 1.40. The van der Waals surface area contributed by atoms with Crippen molar-refractivity contribution in [3.05, 3.63) is 11.8 Å². The number of halogens is 7. The van der Waals surface area contributed by atoms with Crippen LogP contribution in [-0.4, -0.2) is 45.5 Å². The van der Waals surface area contributed by atoms with Crippen LogP contribution >= 0.6 is 12.4 Å². The van der Waals surface area contributed by atoms with E-state index in [4.69, 9.17) is 13.0 Å². The summed E-state index contributed by atoms with van der Waals surface area (Å²) in [6, 6.07) is 0. The first-order valence-corrected chi connectivity index (χ1v) is 7.87. The van der Waals surface area contributed by atoms with Crippen molar-refractivity contribution in [2.75, 3.05) is 13.1 Å². The summed E-state index contributed by atoms with van der Waals surface area (Å²) in [5.41, 5.74) is -10.9. The smallest absolute Gasteiger partial charge is 0.381 e. The summed E-state index contributed by atoms with van der Waals surface area (Å²) in [6.45, 7) is 0.710. The molecule has 0 atom stereocenters. The molecule has 0 aromatic rings. The highest BCUT2D eigenvalue weighted by atomic mass is 35.5. The standard InChI is InChI=1S/C6H8F3NO3S.CHF3O3S.ClH/c7-6(8,9)14(11,12)13-5-1-3-10-4-2-5;2-1(3,4)8(5,6)7;/h1,10H,2-4H2;(H,5,6,7);1H. The molecule has 0 aliphatic carbocycles. The molecule has 1 heterocycles. The van der Waals surface area contributed by atoms with E-state index in [1.54, 1.807) is 0 Å². The summed E-state index contributed by atoms with van der Waals surface area (Å²) in [5.74, 6) is -0.166. The van der Waals surface area contributed by atoms with E-state index in [1.807, 2.05) is 0 Å². The SMILES string of the molecule is Cl.O=S(=O)(O)C(F)(F)F.O=S(=O)(OC1=CCNCC1)C(F)(F)F. The fourth-order valence-corrected chi connectivity index (χ4v) is 1.39. The van der Waals surface area contributed by atoms with Crippen molar-refractivity contribution in [3.63, 3.8) is 0 Å². The molecule has 23 heavy (non-hydrogen) atoms. The lowest BCUT2D eigenvalue weighted by atomic mass is 10.3. The molecular formula is C7H10ClF6NO6S2. The Morgan fingerprint density at radius 3 is 1.74 bits per heavy atom. The second kappa shape index (κ2) is 8.36. The van der Waals surface area contributed by atoms with Crippen LogP contribution in [0.15, 0.2) is 11.8 Å². The van der Waals surface area contributed by atoms with Crippen molar-refractivity contribution in [1.29, 1.82) is 0 Å². The molecule has 0 fully saturated rings. The van der Waals surface area contributed by atoms with E-state index in [2.05, 4.69) is 9.50 Å². The Labute approximate surface area is 133 Å². The lowest BCUT2D eigenvalue weighted by Gasteiger charge is -2.15. The Morgan fingerprint density at radius 1 is 1.04 bits per heavy atom. The van der Waals surface area contributed by atoms with Crippen LogP contribution in [0.2, 0.25) is 0 Å². The van der Waals surface area contributed by atoms with Crippen molar-refractivity contribution in [2.24, 2.45) is 0 Å². The van der Waals surface area contributed by atoms with Gasteiger partial charge in [-0.25, -0.2) is 0 Å². The first-order chi connectivity index (χ1) is 9.58. The van der Waals surface area contributed by atoms with Crippen LogP contribution in [0.3, 0.4) is 0 Å². The molecule has 1 aliphatic heterocycles. The Bertz CT molecular complexity index is 610. The fraction of sp³-hybridized carbons (Fsp3) is 0.714. The molecule has 16 heteroatoms. The molecule has 0 aromatic carbocycles. The zero-order valence-electron chi connectivity index (χ0n) is 10.7. The van der Waals surface area contributed by atoms with Crippen molar-refractivity contribution in [3.8, 4) is 0 Å². The van der Waals surface area contributed by atoms with E-state index in [-0.39, 0.29) is 24.6 Å². The summed E-state index contributed by atoms with van der Waals surface area (Å²) in [7, 11) is -11.3. The zero-order valence-corrected chi connectivity index (χ0v) is 13.1. The van der Waals surface area contributed by atoms with Crippen LogP contribution < -0.4 is 5.32 Å². The highest BCUT2D eigenvalue weighted by Crippen LogP contribution is 2.27. The van der Waals surface area contributed by atoms with Crippen LogP contribution in [0.1, 0.15) is 6.42 Å². The predicted molar refractivity (Wildman–Crippen MR) is 66.5 cm³/mol. The van der Waals surface area contributed by atoms with Crippen LogP contribution in [-0.2, 0) is 24.4 Å². The van der Waals surface area contributed by atoms with Gasteiger partial charge in [0.1, 0.15) is 5.76 Å². The number of hydrogen-bond acceptors (Lipinski definition) is 6. The largest absolute Gasteiger partial charge is 0.534 e. The predicted octanol–water partition coefficient (Wildman–Crippen LogP) is 1.55. The molecular weight excluding hydrogens is 408 g/mol. The number of hydrogen-bond donors (Lipinski definition) is 2. The molecule has 0 radical (unpaired) electrons. The topological polar surface area (TPSA) is 110 Å². The monoisotopic (exact) mass is 417 g/mol. The second-order valence-corrected chi connectivity index (χ2v) is 6.48. The van der Waals surface area contributed by atoms with Gasteiger partial charge in [-0.2, -0.15) is 43.2 Å². The Balaban J connectivity index is 0. The minimum atomic E-state index is -5.84. The van der Waals surface area contributed by atoms with Crippen LogP contribution in [0.4, 0.5) is 26.3 Å².